The number of aromatic nitrogens is 1. The van der Waals surface area contributed by atoms with Gasteiger partial charge in [-0.05, 0) is 68.3 Å². The number of hydrogen-bond acceptors (Lipinski definition) is 5. The number of aryl methyl sites for hydroxylation is 1. The average Bonchev–Trinajstić information content (AvgIpc) is 3.32. The average molecular weight is 584 g/mol. The van der Waals surface area contributed by atoms with Gasteiger partial charge in [-0.15, -0.1) is 0 Å². The van der Waals surface area contributed by atoms with Gasteiger partial charge < -0.3 is 15.1 Å². The van der Waals surface area contributed by atoms with Crippen LogP contribution in [0.5, 0.6) is 0 Å². The lowest BCUT2D eigenvalue weighted by Gasteiger charge is -2.24. The number of furan rings is 1. The van der Waals surface area contributed by atoms with Gasteiger partial charge in [-0.2, -0.15) is 13.2 Å². The van der Waals surface area contributed by atoms with Gasteiger partial charge in [0.2, 0.25) is 11.6 Å². The lowest BCUT2D eigenvalue weighted by molar-refractivity contribution is -0.134. The topological polar surface area (TPSA) is 101 Å². The van der Waals surface area contributed by atoms with E-state index in [1.165, 1.54) is 57.3 Å². The second kappa shape index (κ2) is 11.8. The molecular formula is C31H29F4N3O4. The van der Waals surface area contributed by atoms with Crippen LogP contribution in [-0.2, 0) is 11.2 Å². The summed E-state index contributed by atoms with van der Waals surface area (Å²) >= 11 is 0. The van der Waals surface area contributed by atoms with Crippen molar-refractivity contribution < 1.29 is 36.4 Å². The van der Waals surface area contributed by atoms with Crippen LogP contribution in [0.25, 0.3) is 33.6 Å². The van der Waals surface area contributed by atoms with Crippen molar-refractivity contribution in [2.24, 2.45) is 0 Å². The zero-order valence-electron chi connectivity index (χ0n) is 23.4. The maximum atomic E-state index is 13.6. The molecule has 0 aliphatic heterocycles. The third kappa shape index (κ3) is 6.50. The summed E-state index contributed by atoms with van der Waals surface area (Å²) in [5.41, 5.74) is 0.193. The number of likely N-dealkylation sites (N-methyl/N-ethyl adjacent to an activating group) is 1. The summed E-state index contributed by atoms with van der Waals surface area (Å²) < 4.78 is 59.3. The Morgan fingerprint density at radius 1 is 0.976 bits per heavy atom. The first kappa shape index (κ1) is 30.4. The summed E-state index contributed by atoms with van der Waals surface area (Å²) in [6.07, 6.45) is -6.01. The number of Topliss-reactive ketones (excluding diaryl/α,β-unsaturated/α-hetero) is 1. The number of rotatable bonds is 9. The quantitative estimate of drug-likeness (QED) is 0.170. The lowest BCUT2D eigenvalue weighted by atomic mass is 9.95. The lowest BCUT2D eigenvalue weighted by Crippen LogP contribution is -2.53. The number of amides is 2. The first-order chi connectivity index (χ1) is 19.7. The molecule has 0 saturated carbocycles. The normalized spacial score (nSPS) is 11.9. The highest BCUT2D eigenvalue weighted by molar-refractivity contribution is 6.12. The third-order valence-corrected chi connectivity index (χ3v) is 6.77. The number of hydrogen-bond donors (Lipinski definition) is 2. The van der Waals surface area contributed by atoms with Crippen molar-refractivity contribution >= 4 is 28.7 Å². The first-order valence-corrected chi connectivity index (χ1v) is 13.2. The molecule has 0 unspecified atom stereocenters. The SMILES string of the molecule is CCC(=O)c1c(-c2ccc(F)cc2)oc2nc(CCC(F)(F)F)c(-c3cccc(C(=O)NC(C)(C)C(=O)NC)c3)cc12. The van der Waals surface area contributed by atoms with Crippen LogP contribution in [0.1, 0.15) is 60.0 Å². The molecule has 2 amide bonds. The smallest absolute Gasteiger partial charge is 0.389 e. The largest absolute Gasteiger partial charge is 0.437 e. The van der Waals surface area contributed by atoms with Gasteiger partial charge in [0.15, 0.2) is 5.78 Å². The molecule has 42 heavy (non-hydrogen) atoms. The van der Waals surface area contributed by atoms with Gasteiger partial charge in [-0.25, -0.2) is 9.37 Å². The van der Waals surface area contributed by atoms with Crippen LogP contribution in [0.3, 0.4) is 0 Å². The number of carbonyl (C=O) groups is 3. The van der Waals surface area contributed by atoms with Crippen molar-refractivity contribution in [3.8, 4) is 22.5 Å². The molecule has 4 aromatic rings. The van der Waals surface area contributed by atoms with Crippen LogP contribution in [0.4, 0.5) is 17.6 Å². The van der Waals surface area contributed by atoms with Gasteiger partial charge in [-0.3, -0.25) is 14.4 Å². The van der Waals surface area contributed by atoms with E-state index in [-0.39, 0.29) is 51.4 Å². The van der Waals surface area contributed by atoms with Crippen LogP contribution in [0.15, 0.2) is 59.0 Å². The summed E-state index contributed by atoms with van der Waals surface area (Å²) in [4.78, 5) is 42.7. The third-order valence-electron chi connectivity index (χ3n) is 6.77. The van der Waals surface area contributed by atoms with Crippen LogP contribution in [0.2, 0.25) is 0 Å². The van der Waals surface area contributed by atoms with E-state index >= 15 is 0 Å². The Balaban J connectivity index is 1.89. The van der Waals surface area contributed by atoms with Gasteiger partial charge >= 0.3 is 6.18 Å². The fourth-order valence-corrected chi connectivity index (χ4v) is 4.57. The predicted octanol–water partition coefficient (Wildman–Crippen LogP) is 6.64. The minimum Gasteiger partial charge on any atom is -0.437 e. The predicted molar refractivity (Wildman–Crippen MR) is 149 cm³/mol. The number of nitrogens with zero attached hydrogens (tertiary/aromatic N) is 1. The number of nitrogens with one attached hydrogen (secondary N) is 2. The molecule has 0 radical (unpaired) electrons. The van der Waals surface area contributed by atoms with Crippen LogP contribution < -0.4 is 10.6 Å². The molecule has 0 bridgehead atoms. The molecule has 2 aromatic carbocycles. The molecule has 4 rings (SSSR count). The zero-order chi connectivity index (χ0) is 30.8. The summed E-state index contributed by atoms with van der Waals surface area (Å²) in [6.45, 7) is 4.72. The van der Waals surface area contributed by atoms with E-state index in [0.29, 0.717) is 11.1 Å². The number of carbonyl (C=O) groups excluding carboxylic acids is 3. The van der Waals surface area contributed by atoms with E-state index in [1.807, 2.05) is 0 Å². The molecule has 0 fully saturated rings. The summed E-state index contributed by atoms with van der Waals surface area (Å²) in [5.74, 6) is -1.64. The van der Waals surface area contributed by atoms with Crippen LogP contribution in [0, 0.1) is 5.82 Å². The van der Waals surface area contributed by atoms with Crippen LogP contribution >= 0.6 is 0 Å². The van der Waals surface area contributed by atoms with Crippen molar-refractivity contribution in [3.05, 3.63) is 77.2 Å². The molecule has 11 heteroatoms. The van der Waals surface area contributed by atoms with Crippen LogP contribution in [-0.4, -0.2) is 41.3 Å². The molecule has 2 heterocycles. The number of fused-ring (bicyclic) bond motifs is 1. The van der Waals surface area contributed by atoms with Gasteiger partial charge in [0.05, 0.1) is 16.6 Å². The number of benzene rings is 2. The van der Waals surface area contributed by atoms with E-state index < -0.39 is 42.2 Å². The first-order valence-electron chi connectivity index (χ1n) is 13.2. The highest BCUT2D eigenvalue weighted by Crippen LogP contribution is 2.38. The maximum Gasteiger partial charge on any atom is 0.389 e. The Morgan fingerprint density at radius 3 is 2.29 bits per heavy atom. The van der Waals surface area contributed by atoms with Gasteiger partial charge in [0, 0.05) is 36.6 Å². The molecule has 0 aliphatic rings. The van der Waals surface area contributed by atoms with Crippen molar-refractivity contribution in [1.29, 1.82) is 0 Å². The Morgan fingerprint density at radius 2 is 1.67 bits per heavy atom. The fourth-order valence-electron chi connectivity index (χ4n) is 4.57. The van der Waals surface area contributed by atoms with E-state index in [4.69, 9.17) is 4.42 Å². The monoisotopic (exact) mass is 583 g/mol. The number of alkyl halides is 3. The molecule has 0 aliphatic carbocycles. The van der Waals surface area contributed by atoms with Gasteiger partial charge in [-0.1, -0.05) is 19.1 Å². The summed E-state index contributed by atoms with van der Waals surface area (Å²) in [5, 5.41) is 5.40. The Labute approximate surface area is 239 Å². The minimum atomic E-state index is -4.47. The van der Waals surface area contributed by atoms with E-state index in [9.17, 15) is 31.9 Å². The van der Waals surface area contributed by atoms with Gasteiger partial charge in [0.25, 0.3) is 5.91 Å². The van der Waals surface area contributed by atoms with Crippen molar-refractivity contribution in [3.63, 3.8) is 0 Å². The van der Waals surface area contributed by atoms with Crippen molar-refractivity contribution in [2.75, 3.05) is 7.05 Å². The molecule has 2 aromatic heterocycles. The van der Waals surface area contributed by atoms with Gasteiger partial charge in [0.1, 0.15) is 17.1 Å². The highest BCUT2D eigenvalue weighted by Gasteiger charge is 2.31. The number of ketones is 1. The number of pyridine rings is 1. The second-order valence-electron chi connectivity index (χ2n) is 10.3. The molecule has 2 N–H and O–H groups in total. The molecule has 0 spiro atoms. The summed E-state index contributed by atoms with van der Waals surface area (Å²) in [6, 6.07) is 13.0. The highest BCUT2D eigenvalue weighted by atomic mass is 19.4. The second-order valence-corrected chi connectivity index (χ2v) is 10.3. The minimum absolute atomic E-state index is 0.0340. The molecular weight excluding hydrogens is 554 g/mol. The van der Waals surface area contributed by atoms with Crippen molar-refractivity contribution in [1.82, 2.24) is 15.6 Å². The van der Waals surface area contributed by atoms with Crippen molar-refractivity contribution in [2.45, 2.75) is 51.7 Å². The van der Waals surface area contributed by atoms with E-state index in [2.05, 4.69) is 15.6 Å². The maximum absolute atomic E-state index is 13.6. The Kier molecular flexibility index (Phi) is 8.51. The standard InChI is InChI=1S/C31H29F4N3O4/c1-5-24(39)25-22-16-21(18-7-6-8-19(15-18)27(40)38-30(2,3)29(41)36-4)23(13-14-31(33,34)35)37-28(22)42-26(25)17-9-11-20(32)12-10-17/h6-12,15-16H,5,13-14H2,1-4H3,(H,36,41)(H,38,40). The Bertz CT molecular complexity index is 1660. The van der Waals surface area contributed by atoms with E-state index in [0.717, 1.165) is 0 Å². The fraction of sp³-hybridized carbons (Fsp3) is 0.290. The zero-order valence-corrected chi connectivity index (χ0v) is 23.4. The number of halogens is 4. The molecule has 220 valence electrons. The molecule has 0 saturated heterocycles. The summed E-state index contributed by atoms with van der Waals surface area (Å²) in [7, 11) is 1.44. The molecule has 0 atom stereocenters. The molecule has 7 nitrogen and oxygen atoms in total. The Hall–Kier alpha value is -4.54. The van der Waals surface area contributed by atoms with E-state index in [1.54, 1.807) is 25.1 Å².